The van der Waals surface area contributed by atoms with Gasteiger partial charge < -0.3 is 15.4 Å². The van der Waals surface area contributed by atoms with E-state index < -0.39 is 0 Å². The van der Waals surface area contributed by atoms with Crippen LogP contribution in [-0.2, 0) is 0 Å². The predicted molar refractivity (Wildman–Crippen MR) is 101 cm³/mol. The maximum absolute atomic E-state index is 5.85. The van der Waals surface area contributed by atoms with Gasteiger partial charge in [0, 0.05) is 13.1 Å². The largest absolute Gasteiger partial charge is 0.491 e. The van der Waals surface area contributed by atoms with Gasteiger partial charge in [-0.25, -0.2) is 0 Å². The zero-order valence-corrected chi connectivity index (χ0v) is 16.0. The Morgan fingerprint density at radius 2 is 1.90 bits per heavy atom. The highest BCUT2D eigenvalue weighted by Crippen LogP contribution is 2.21. The SMILES string of the molecule is CCC(C)NC(=NC)NCCOc1c(C)cccc1C.I. The Kier molecular flexibility index (Phi) is 10.2. The van der Waals surface area contributed by atoms with Gasteiger partial charge in [-0.3, -0.25) is 4.99 Å². The third kappa shape index (κ3) is 7.02. The maximum atomic E-state index is 5.85. The van der Waals surface area contributed by atoms with Crippen molar-refractivity contribution in [2.75, 3.05) is 20.2 Å². The molecule has 1 unspecified atom stereocenters. The zero-order chi connectivity index (χ0) is 15.0. The Morgan fingerprint density at radius 1 is 1.29 bits per heavy atom. The average molecular weight is 405 g/mol. The van der Waals surface area contributed by atoms with Gasteiger partial charge in [0.2, 0.25) is 0 Å². The second kappa shape index (κ2) is 10.7. The van der Waals surface area contributed by atoms with Crippen LogP contribution in [0.15, 0.2) is 23.2 Å². The van der Waals surface area contributed by atoms with Crippen LogP contribution in [-0.4, -0.2) is 32.2 Å². The van der Waals surface area contributed by atoms with Gasteiger partial charge in [0.05, 0.1) is 6.54 Å². The topological polar surface area (TPSA) is 45.7 Å². The van der Waals surface area contributed by atoms with Gasteiger partial charge in [-0.2, -0.15) is 0 Å². The van der Waals surface area contributed by atoms with Gasteiger partial charge in [0.1, 0.15) is 12.4 Å². The van der Waals surface area contributed by atoms with E-state index in [1.165, 1.54) is 11.1 Å². The van der Waals surface area contributed by atoms with Crippen molar-refractivity contribution in [2.45, 2.75) is 40.2 Å². The van der Waals surface area contributed by atoms with Crippen molar-refractivity contribution < 1.29 is 4.74 Å². The average Bonchev–Trinajstić information content (AvgIpc) is 2.44. The molecule has 120 valence electrons. The second-order valence-electron chi connectivity index (χ2n) is 5.02. The fourth-order valence-corrected chi connectivity index (χ4v) is 1.88. The van der Waals surface area contributed by atoms with E-state index in [4.69, 9.17) is 4.74 Å². The minimum Gasteiger partial charge on any atom is -0.491 e. The molecule has 4 nitrogen and oxygen atoms in total. The van der Waals surface area contributed by atoms with E-state index in [9.17, 15) is 0 Å². The summed E-state index contributed by atoms with van der Waals surface area (Å²) in [6, 6.07) is 6.60. The minimum atomic E-state index is 0. The number of nitrogens with one attached hydrogen (secondary N) is 2. The highest BCUT2D eigenvalue weighted by molar-refractivity contribution is 14.0. The van der Waals surface area contributed by atoms with Crippen molar-refractivity contribution in [2.24, 2.45) is 4.99 Å². The molecule has 0 saturated carbocycles. The van der Waals surface area contributed by atoms with Crippen molar-refractivity contribution in [3.05, 3.63) is 29.3 Å². The van der Waals surface area contributed by atoms with Crippen molar-refractivity contribution in [3.8, 4) is 5.75 Å². The molecule has 0 bridgehead atoms. The van der Waals surface area contributed by atoms with E-state index in [-0.39, 0.29) is 24.0 Å². The summed E-state index contributed by atoms with van der Waals surface area (Å²) in [4.78, 5) is 4.19. The molecule has 1 aromatic carbocycles. The van der Waals surface area contributed by atoms with Gasteiger partial charge in [0.25, 0.3) is 0 Å². The monoisotopic (exact) mass is 405 g/mol. The molecule has 1 atom stereocenters. The quantitative estimate of drug-likeness (QED) is 0.331. The van der Waals surface area contributed by atoms with Crippen LogP contribution in [0.5, 0.6) is 5.75 Å². The first kappa shape index (κ1) is 20.0. The number of guanidine groups is 1. The number of hydrogen-bond donors (Lipinski definition) is 2. The summed E-state index contributed by atoms with van der Waals surface area (Å²) in [5.74, 6) is 1.81. The van der Waals surface area contributed by atoms with E-state index in [0.29, 0.717) is 12.6 Å². The number of nitrogens with zero attached hydrogens (tertiary/aromatic N) is 1. The Hall–Kier alpha value is -0.980. The van der Waals surface area contributed by atoms with Crippen molar-refractivity contribution in [3.63, 3.8) is 0 Å². The molecule has 0 aliphatic heterocycles. The number of rotatable bonds is 6. The smallest absolute Gasteiger partial charge is 0.191 e. The number of benzene rings is 1. The van der Waals surface area contributed by atoms with Crippen LogP contribution < -0.4 is 15.4 Å². The molecule has 5 heteroatoms. The van der Waals surface area contributed by atoms with Crippen LogP contribution in [0.3, 0.4) is 0 Å². The Bertz CT molecular complexity index is 429. The normalized spacial score (nSPS) is 12.3. The molecule has 0 radical (unpaired) electrons. The lowest BCUT2D eigenvalue weighted by Gasteiger charge is -2.17. The summed E-state index contributed by atoms with van der Waals surface area (Å²) in [6.45, 7) is 9.77. The summed E-state index contributed by atoms with van der Waals surface area (Å²) in [5.41, 5.74) is 2.35. The number of aryl methyl sites for hydroxylation is 2. The summed E-state index contributed by atoms with van der Waals surface area (Å²) < 4.78 is 5.85. The van der Waals surface area contributed by atoms with Crippen LogP contribution >= 0.6 is 24.0 Å². The zero-order valence-electron chi connectivity index (χ0n) is 13.7. The second-order valence-corrected chi connectivity index (χ2v) is 5.02. The lowest BCUT2D eigenvalue weighted by Crippen LogP contribution is -2.43. The number of ether oxygens (including phenoxy) is 1. The first-order valence-electron chi connectivity index (χ1n) is 7.24. The van der Waals surface area contributed by atoms with E-state index in [2.05, 4.69) is 55.5 Å². The van der Waals surface area contributed by atoms with E-state index in [0.717, 1.165) is 24.7 Å². The molecule has 0 saturated heterocycles. The van der Waals surface area contributed by atoms with Crippen LogP contribution in [0.1, 0.15) is 31.4 Å². The molecule has 0 amide bonds. The van der Waals surface area contributed by atoms with E-state index >= 15 is 0 Å². The summed E-state index contributed by atoms with van der Waals surface area (Å²) in [5, 5.41) is 6.58. The summed E-state index contributed by atoms with van der Waals surface area (Å²) in [6.07, 6.45) is 1.07. The number of halogens is 1. The first-order valence-corrected chi connectivity index (χ1v) is 7.24. The highest BCUT2D eigenvalue weighted by Gasteiger charge is 2.04. The van der Waals surface area contributed by atoms with Crippen molar-refractivity contribution in [1.82, 2.24) is 10.6 Å². The molecule has 0 spiro atoms. The lowest BCUT2D eigenvalue weighted by molar-refractivity contribution is 0.317. The van der Waals surface area contributed by atoms with E-state index in [1.807, 2.05) is 6.07 Å². The standard InChI is InChI=1S/C16H27N3O.HI/c1-6-14(4)19-16(17-5)18-10-11-20-15-12(2)8-7-9-13(15)3;/h7-9,14H,6,10-11H2,1-5H3,(H2,17,18,19);1H. The van der Waals surface area contributed by atoms with Crippen LogP contribution in [0, 0.1) is 13.8 Å². The third-order valence-electron chi connectivity index (χ3n) is 3.27. The first-order chi connectivity index (χ1) is 9.58. The summed E-state index contributed by atoms with van der Waals surface area (Å²) in [7, 11) is 1.78. The van der Waals surface area contributed by atoms with Crippen LogP contribution in [0.4, 0.5) is 0 Å². The van der Waals surface area contributed by atoms with Gasteiger partial charge in [0.15, 0.2) is 5.96 Å². The van der Waals surface area contributed by atoms with E-state index in [1.54, 1.807) is 7.05 Å². The predicted octanol–water partition coefficient (Wildman–Crippen LogP) is 3.26. The fourth-order valence-electron chi connectivity index (χ4n) is 1.88. The number of para-hydroxylation sites is 1. The molecule has 1 rings (SSSR count). The molecule has 21 heavy (non-hydrogen) atoms. The van der Waals surface area contributed by atoms with Crippen molar-refractivity contribution in [1.29, 1.82) is 0 Å². The van der Waals surface area contributed by atoms with Gasteiger partial charge in [-0.1, -0.05) is 25.1 Å². The third-order valence-corrected chi connectivity index (χ3v) is 3.27. The molecule has 0 fully saturated rings. The molecular weight excluding hydrogens is 377 g/mol. The summed E-state index contributed by atoms with van der Waals surface area (Å²) >= 11 is 0. The van der Waals surface area contributed by atoms with Crippen LogP contribution in [0.2, 0.25) is 0 Å². The molecule has 1 aromatic rings. The van der Waals surface area contributed by atoms with Gasteiger partial charge in [-0.15, -0.1) is 24.0 Å². The van der Waals surface area contributed by atoms with Gasteiger partial charge >= 0.3 is 0 Å². The Labute approximate surface area is 145 Å². The maximum Gasteiger partial charge on any atom is 0.191 e. The Balaban J connectivity index is 0.00000400. The Morgan fingerprint density at radius 3 is 2.43 bits per heavy atom. The number of aliphatic imine (C=N–C) groups is 1. The molecule has 0 heterocycles. The van der Waals surface area contributed by atoms with Crippen molar-refractivity contribution >= 4 is 29.9 Å². The van der Waals surface area contributed by atoms with Gasteiger partial charge in [-0.05, 0) is 38.3 Å². The molecule has 0 aliphatic rings. The molecular formula is C16H28IN3O. The number of hydrogen-bond acceptors (Lipinski definition) is 2. The molecule has 0 aromatic heterocycles. The molecule has 0 aliphatic carbocycles. The minimum absolute atomic E-state index is 0. The lowest BCUT2D eigenvalue weighted by atomic mass is 10.1. The molecule has 2 N–H and O–H groups in total. The van der Waals surface area contributed by atoms with Crippen LogP contribution in [0.25, 0.3) is 0 Å². The highest BCUT2D eigenvalue weighted by atomic mass is 127. The fraction of sp³-hybridized carbons (Fsp3) is 0.562.